The van der Waals surface area contributed by atoms with Gasteiger partial charge < -0.3 is 5.32 Å². The lowest BCUT2D eigenvalue weighted by Gasteiger charge is -2.02. The molecule has 0 atom stereocenters. The molecule has 1 N–H and O–H groups in total. The molecule has 0 amide bonds. The maximum Gasteiger partial charge on any atom is 0.0929 e. The van der Waals surface area contributed by atoms with Crippen LogP contribution in [0, 0.1) is 0 Å². The highest BCUT2D eigenvalue weighted by molar-refractivity contribution is 9.10. The number of hydrogen-bond donors (Lipinski definition) is 1. The van der Waals surface area contributed by atoms with Crippen molar-refractivity contribution in [1.82, 2.24) is 15.5 Å². The molecule has 4 heteroatoms. The second-order valence-corrected chi connectivity index (χ2v) is 4.36. The van der Waals surface area contributed by atoms with Gasteiger partial charge in [-0.2, -0.15) is 10.2 Å². The largest absolute Gasteiger partial charge is 0.314 e. The summed E-state index contributed by atoms with van der Waals surface area (Å²) in [5, 5.41) is 11.4. The Morgan fingerprint density at radius 3 is 2.38 bits per heavy atom. The highest BCUT2D eigenvalue weighted by atomic mass is 79.9. The molecule has 0 aliphatic carbocycles. The van der Waals surface area contributed by atoms with E-state index in [1.807, 2.05) is 43.4 Å². The molecule has 0 aliphatic heterocycles. The molecule has 0 aliphatic rings. The van der Waals surface area contributed by atoms with Gasteiger partial charge in [-0.1, -0.05) is 28.1 Å². The van der Waals surface area contributed by atoms with Crippen molar-refractivity contribution in [1.29, 1.82) is 0 Å². The summed E-state index contributed by atoms with van der Waals surface area (Å²) in [6, 6.07) is 12.0. The van der Waals surface area contributed by atoms with Crippen LogP contribution in [0.4, 0.5) is 0 Å². The lowest BCUT2D eigenvalue weighted by molar-refractivity contribution is 0.768. The van der Waals surface area contributed by atoms with Crippen LogP contribution in [0.15, 0.2) is 40.9 Å². The van der Waals surface area contributed by atoms with Gasteiger partial charge in [0.2, 0.25) is 0 Å². The van der Waals surface area contributed by atoms with E-state index < -0.39 is 0 Å². The van der Waals surface area contributed by atoms with Crippen LogP contribution in [0.25, 0.3) is 11.3 Å². The fraction of sp³-hybridized carbons (Fsp3) is 0.167. The number of rotatable bonds is 3. The van der Waals surface area contributed by atoms with Crippen molar-refractivity contribution in [3.8, 4) is 11.3 Å². The smallest absolute Gasteiger partial charge is 0.0929 e. The van der Waals surface area contributed by atoms with Crippen molar-refractivity contribution in [3.63, 3.8) is 0 Å². The second kappa shape index (κ2) is 5.18. The summed E-state index contributed by atoms with van der Waals surface area (Å²) >= 11 is 3.41. The van der Waals surface area contributed by atoms with Crippen molar-refractivity contribution in [2.24, 2.45) is 0 Å². The summed E-state index contributed by atoms with van der Waals surface area (Å²) in [4.78, 5) is 0. The lowest BCUT2D eigenvalue weighted by atomic mass is 10.1. The van der Waals surface area contributed by atoms with Crippen LogP contribution in [0.2, 0.25) is 0 Å². The Kier molecular flexibility index (Phi) is 3.64. The Hall–Kier alpha value is -1.26. The quantitative estimate of drug-likeness (QED) is 0.937. The van der Waals surface area contributed by atoms with Crippen molar-refractivity contribution in [2.45, 2.75) is 6.54 Å². The summed E-state index contributed by atoms with van der Waals surface area (Å²) in [6.07, 6.45) is 0. The fourth-order valence-electron chi connectivity index (χ4n) is 1.41. The van der Waals surface area contributed by atoms with Crippen LogP contribution < -0.4 is 5.32 Å². The van der Waals surface area contributed by atoms with Gasteiger partial charge in [-0.25, -0.2) is 0 Å². The first-order valence-corrected chi connectivity index (χ1v) is 5.82. The molecule has 0 radical (unpaired) electrons. The van der Waals surface area contributed by atoms with Crippen LogP contribution in [-0.2, 0) is 6.54 Å². The average molecular weight is 278 g/mol. The van der Waals surface area contributed by atoms with Crippen molar-refractivity contribution in [2.75, 3.05) is 7.05 Å². The predicted octanol–water partition coefficient (Wildman–Crippen LogP) is 2.63. The standard InChI is InChI=1S/C12H12BrN3/c1-14-8-11-6-7-12(16-15-11)9-2-4-10(13)5-3-9/h2-7,14H,8H2,1H3. The predicted molar refractivity (Wildman–Crippen MR) is 67.9 cm³/mol. The molecule has 0 spiro atoms. The highest BCUT2D eigenvalue weighted by Crippen LogP contribution is 2.19. The van der Waals surface area contributed by atoms with Crippen LogP contribution in [0.1, 0.15) is 5.69 Å². The Labute approximate surface area is 103 Å². The Bertz CT molecular complexity index is 451. The van der Waals surface area contributed by atoms with Crippen LogP contribution in [0.3, 0.4) is 0 Å². The summed E-state index contributed by atoms with van der Waals surface area (Å²) in [6.45, 7) is 0.744. The minimum absolute atomic E-state index is 0.744. The monoisotopic (exact) mass is 277 g/mol. The number of nitrogens with zero attached hydrogens (tertiary/aromatic N) is 2. The molecule has 2 rings (SSSR count). The molecule has 16 heavy (non-hydrogen) atoms. The molecule has 0 saturated heterocycles. The van der Waals surface area contributed by atoms with Gasteiger partial charge in [-0.3, -0.25) is 0 Å². The first-order valence-electron chi connectivity index (χ1n) is 5.03. The van der Waals surface area contributed by atoms with E-state index in [-0.39, 0.29) is 0 Å². The molecule has 1 aromatic carbocycles. The van der Waals surface area contributed by atoms with E-state index in [4.69, 9.17) is 0 Å². The van der Waals surface area contributed by atoms with Crippen molar-refractivity contribution < 1.29 is 0 Å². The van der Waals surface area contributed by atoms with Gasteiger partial charge in [-0.15, -0.1) is 0 Å². The third-order valence-electron chi connectivity index (χ3n) is 2.22. The first kappa shape index (κ1) is 11.2. The summed E-state index contributed by atoms with van der Waals surface area (Å²) in [5.41, 5.74) is 2.92. The Morgan fingerprint density at radius 2 is 1.81 bits per heavy atom. The molecule has 3 nitrogen and oxygen atoms in total. The molecule has 2 aromatic rings. The van der Waals surface area contributed by atoms with E-state index >= 15 is 0 Å². The van der Waals surface area contributed by atoms with Crippen LogP contribution >= 0.6 is 15.9 Å². The third-order valence-corrected chi connectivity index (χ3v) is 2.75. The Balaban J connectivity index is 2.24. The molecular formula is C12H12BrN3. The molecule has 0 bridgehead atoms. The third kappa shape index (κ3) is 2.65. The van der Waals surface area contributed by atoms with Gasteiger partial charge in [0.05, 0.1) is 11.4 Å². The molecule has 0 fully saturated rings. The number of aromatic nitrogens is 2. The van der Waals surface area contributed by atoms with E-state index in [9.17, 15) is 0 Å². The van der Waals surface area contributed by atoms with Gasteiger partial charge in [0.1, 0.15) is 0 Å². The van der Waals surface area contributed by atoms with Crippen LogP contribution in [-0.4, -0.2) is 17.2 Å². The normalized spacial score (nSPS) is 10.4. The van der Waals surface area contributed by atoms with Crippen molar-refractivity contribution in [3.05, 3.63) is 46.6 Å². The first-order chi connectivity index (χ1) is 7.79. The van der Waals surface area contributed by atoms with Gasteiger partial charge in [0.15, 0.2) is 0 Å². The van der Waals surface area contributed by atoms with E-state index in [2.05, 4.69) is 31.4 Å². The van der Waals surface area contributed by atoms with Gasteiger partial charge in [0, 0.05) is 16.6 Å². The van der Waals surface area contributed by atoms with E-state index in [0.717, 1.165) is 28.0 Å². The Morgan fingerprint density at radius 1 is 1.06 bits per heavy atom. The number of nitrogens with one attached hydrogen (secondary N) is 1. The van der Waals surface area contributed by atoms with Gasteiger partial charge in [-0.05, 0) is 31.3 Å². The van der Waals surface area contributed by atoms with Gasteiger partial charge in [0.25, 0.3) is 0 Å². The minimum Gasteiger partial charge on any atom is -0.314 e. The molecule has 0 saturated carbocycles. The minimum atomic E-state index is 0.744. The lowest BCUT2D eigenvalue weighted by Crippen LogP contribution is -2.07. The summed E-state index contributed by atoms with van der Waals surface area (Å²) in [5.74, 6) is 0. The molecule has 0 unspecified atom stereocenters. The maximum atomic E-state index is 4.19. The topological polar surface area (TPSA) is 37.8 Å². The van der Waals surface area contributed by atoms with Gasteiger partial charge >= 0.3 is 0 Å². The zero-order valence-electron chi connectivity index (χ0n) is 8.94. The number of benzene rings is 1. The van der Waals surface area contributed by atoms with E-state index in [1.165, 1.54) is 0 Å². The molecule has 1 aromatic heterocycles. The highest BCUT2D eigenvalue weighted by Gasteiger charge is 2.00. The molecule has 82 valence electrons. The molecular weight excluding hydrogens is 266 g/mol. The van der Waals surface area contributed by atoms with Crippen molar-refractivity contribution >= 4 is 15.9 Å². The molecule has 1 heterocycles. The van der Waals surface area contributed by atoms with E-state index in [1.54, 1.807) is 0 Å². The maximum absolute atomic E-state index is 4.19. The second-order valence-electron chi connectivity index (χ2n) is 3.45. The SMILES string of the molecule is CNCc1ccc(-c2ccc(Br)cc2)nn1. The number of hydrogen-bond acceptors (Lipinski definition) is 3. The van der Waals surface area contributed by atoms with Crippen LogP contribution in [0.5, 0.6) is 0 Å². The average Bonchev–Trinajstić information content (AvgIpc) is 2.32. The zero-order chi connectivity index (χ0) is 11.4. The number of halogens is 1. The summed E-state index contributed by atoms with van der Waals surface area (Å²) < 4.78 is 1.07. The fourth-order valence-corrected chi connectivity index (χ4v) is 1.67. The zero-order valence-corrected chi connectivity index (χ0v) is 10.5. The summed E-state index contributed by atoms with van der Waals surface area (Å²) in [7, 11) is 1.89. The van der Waals surface area contributed by atoms with E-state index in [0.29, 0.717) is 0 Å².